The van der Waals surface area contributed by atoms with Crippen molar-refractivity contribution in [2.45, 2.75) is 51.0 Å². The van der Waals surface area contributed by atoms with E-state index in [2.05, 4.69) is 13.0 Å². The number of rotatable bonds is 7. The summed E-state index contributed by atoms with van der Waals surface area (Å²) in [5.41, 5.74) is 0.275. The Morgan fingerprint density at radius 2 is 1.90 bits per heavy atom. The molecule has 0 heterocycles. The summed E-state index contributed by atoms with van der Waals surface area (Å²) in [6.45, 7) is 4.60. The maximum Gasteiger partial charge on any atom is 0.137 e. The molecule has 0 N–H and O–H groups in total. The van der Waals surface area contributed by atoms with Crippen LogP contribution in [0.4, 0.5) is 4.39 Å². The summed E-state index contributed by atoms with van der Waals surface area (Å²) in [7, 11) is 0. The molecule has 1 aromatic carbocycles. The maximum absolute atomic E-state index is 14.7. The summed E-state index contributed by atoms with van der Waals surface area (Å²) >= 11 is 0. The predicted molar refractivity (Wildman–Crippen MR) is 86.0 cm³/mol. The molecule has 1 aromatic rings. The monoisotopic (exact) mass is 288 g/mol. The fraction of sp³-hybridized carbons (Fsp3) is 0.474. The van der Waals surface area contributed by atoms with E-state index in [9.17, 15) is 4.39 Å². The van der Waals surface area contributed by atoms with Crippen LogP contribution in [0.2, 0.25) is 0 Å². The first kappa shape index (κ1) is 16.0. The average molecular weight is 288 g/mol. The SMILES string of the molecule is CCCCCC1(OCC)C=CC(c2ccccc2)C=C1F. The Morgan fingerprint density at radius 3 is 2.52 bits per heavy atom. The van der Waals surface area contributed by atoms with Gasteiger partial charge in [-0.25, -0.2) is 4.39 Å². The largest absolute Gasteiger partial charge is 0.364 e. The maximum atomic E-state index is 14.7. The van der Waals surface area contributed by atoms with E-state index in [4.69, 9.17) is 4.74 Å². The summed E-state index contributed by atoms with van der Waals surface area (Å²) in [4.78, 5) is 0. The zero-order chi connectivity index (χ0) is 15.1. The minimum atomic E-state index is -0.838. The Bertz CT molecular complexity index is 492. The Kier molecular flexibility index (Phi) is 5.75. The number of benzene rings is 1. The highest BCUT2D eigenvalue weighted by atomic mass is 19.1. The minimum absolute atomic E-state index is 0.00552. The molecule has 114 valence electrons. The quantitative estimate of drug-likeness (QED) is 0.472. The van der Waals surface area contributed by atoms with Crippen LogP contribution in [0, 0.1) is 0 Å². The highest BCUT2D eigenvalue weighted by Crippen LogP contribution is 2.38. The Morgan fingerprint density at radius 1 is 1.14 bits per heavy atom. The zero-order valence-corrected chi connectivity index (χ0v) is 13.0. The van der Waals surface area contributed by atoms with E-state index in [1.54, 1.807) is 6.08 Å². The van der Waals surface area contributed by atoms with E-state index < -0.39 is 5.60 Å². The van der Waals surface area contributed by atoms with E-state index in [0.717, 1.165) is 31.2 Å². The molecule has 0 saturated carbocycles. The van der Waals surface area contributed by atoms with Gasteiger partial charge < -0.3 is 4.74 Å². The first-order valence-electron chi connectivity index (χ1n) is 7.98. The molecule has 21 heavy (non-hydrogen) atoms. The molecule has 2 unspecified atom stereocenters. The molecule has 2 heteroatoms. The van der Waals surface area contributed by atoms with Gasteiger partial charge in [0.2, 0.25) is 0 Å². The predicted octanol–water partition coefficient (Wildman–Crippen LogP) is 5.55. The summed E-state index contributed by atoms with van der Waals surface area (Å²) < 4.78 is 20.5. The molecule has 0 saturated heterocycles. The van der Waals surface area contributed by atoms with Crippen molar-refractivity contribution in [1.29, 1.82) is 0 Å². The summed E-state index contributed by atoms with van der Waals surface area (Å²) in [5, 5.41) is 0. The van der Waals surface area contributed by atoms with Gasteiger partial charge in [0.25, 0.3) is 0 Å². The summed E-state index contributed by atoms with van der Waals surface area (Å²) in [5.74, 6) is -0.136. The van der Waals surface area contributed by atoms with Crippen molar-refractivity contribution in [3.63, 3.8) is 0 Å². The molecule has 0 amide bonds. The van der Waals surface area contributed by atoms with Gasteiger partial charge in [-0.3, -0.25) is 0 Å². The number of unbranched alkanes of at least 4 members (excludes halogenated alkanes) is 2. The third-order valence-electron chi connectivity index (χ3n) is 4.04. The lowest BCUT2D eigenvalue weighted by molar-refractivity contribution is 0.00177. The first-order chi connectivity index (χ1) is 10.2. The second-order valence-electron chi connectivity index (χ2n) is 5.59. The fourth-order valence-corrected chi connectivity index (χ4v) is 2.86. The van der Waals surface area contributed by atoms with Crippen molar-refractivity contribution in [1.82, 2.24) is 0 Å². The van der Waals surface area contributed by atoms with Crippen LogP contribution in [0.5, 0.6) is 0 Å². The smallest absolute Gasteiger partial charge is 0.137 e. The van der Waals surface area contributed by atoms with Gasteiger partial charge in [0.05, 0.1) is 0 Å². The standard InChI is InChI=1S/C19H25FO/c1-3-5-9-13-19(21-4-2)14-12-17(15-18(19)20)16-10-7-6-8-11-16/h6-8,10-12,14-15,17H,3-5,9,13H2,1-2H3. The van der Waals surface area contributed by atoms with Crippen molar-refractivity contribution in [3.8, 4) is 0 Å². The van der Waals surface area contributed by atoms with Crippen molar-refractivity contribution in [2.75, 3.05) is 6.61 Å². The van der Waals surface area contributed by atoms with Gasteiger partial charge in [-0.05, 0) is 37.5 Å². The van der Waals surface area contributed by atoms with Gasteiger partial charge >= 0.3 is 0 Å². The van der Waals surface area contributed by atoms with Crippen molar-refractivity contribution in [2.24, 2.45) is 0 Å². The molecule has 1 nitrogen and oxygen atoms in total. The van der Waals surface area contributed by atoms with Crippen LogP contribution in [0.3, 0.4) is 0 Å². The lowest BCUT2D eigenvalue weighted by Crippen LogP contribution is -2.33. The number of hydrogen-bond donors (Lipinski definition) is 0. The molecular weight excluding hydrogens is 263 g/mol. The number of halogens is 1. The Hall–Kier alpha value is -1.41. The molecule has 0 aliphatic heterocycles. The molecule has 0 fully saturated rings. The summed E-state index contributed by atoms with van der Waals surface area (Å²) in [6.07, 6.45) is 9.64. The van der Waals surface area contributed by atoms with E-state index in [1.165, 1.54) is 0 Å². The topological polar surface area (TPSA) is 9.23 Å². The number of allylic oxidation sites excluding steroid dienone is 2. The third kappa shape index (κ3) is 3.82. The fourth-order valence-electron chi connectivity index (χ4n) is 2.86. The van der Waals surface area contributed by atoms with Gasteiger partial charge in [0.1, 0.15) is 11.4 Å². The first-order valence-corrected chi connectivity index (χ1v) is 7.98. The Labute approximate surface area is 127 Å². The second-order valence-corrected chi connectivity index (χ2v) is 5.59. The third-order valence-corrected chi connectivity index (χ3v) is 4.04. The molecule has 2 rings (SSSR count). The van der Waals surface area contributed by atoms with Gasteiger partial charge in [-0.1, -0.05) is 56.2 Å². The van der Waals surface area contributed by atoms with Crippen LogP contribution in [0.1, 0.15) is 51.0 Å². The lowest BCUT2D eigenvalue weighted by atomic mass is 9.84. The minimum Gasteiger partial charge on any atom is -0.364 e. The van der Waals surface area contributed by atoms with Crippen molar-refractivity contribution >= 4 is 0 Å². The van der Waals surface area contributed by atoms with Crippen LogP contribution in [0.25, 0.3) is 0 Å². The normalized spacial score (nSPS) is 24.9. The van der Waals surface area contributed by atoms with Gasteiger partial charge in [-0.15, -0.1) is 0 Å². The van der Waals surface area contributed by atoms with Gasteiger partial charge in [0.15, 0.2) is 0 Å². The highest BCUT2D eigenvalue weighted by molar-refractivity contribution is 5.37. The average Bonchev–Trinajstić information content (AvgIpc) is 2.51. The zero-order valence-electron chi connectivity index (χ0n) is 13.0. The molecule has 1 aliphatic rings. The van der Waals surface area contributed by atoms with E-state index >= 15 is 0 Å². The van der Waals surface area contributed by atoms with Crippen LogP contribution in [-0.4, -0.2) is 12.2 Å². The van der Waals surface area contributed by atoms with Crippen molar-refractivity contribution in [3.05, 3.63) is 60.0 Å². The molecule has 0 bridgehead atoms. The van der Waals surface area contributed by atoms with Crippen LogP contribution >= 0.6 is 0 Å². The number of hydrogen-bond acceptors (Lipinski definition) is 1. The van der Waals surface area contributed by atoms with E-state index in [-0.39, 0.29) is 11.7 Å². The molecule has 0 spiro atoms. The molecule has 2 atom stereocenters. The van der Waals surface area contributed by atoms with Crippen LogP contribution in [-0.2, 0) is 4.74 Å². The molecule has 1 aliphatic carbocycles. The highest BCUT2D eigenvalue weighted by Gasteiger charge is 2.35. The van der Waals surface area contributed by atoms with Crippen LogP contribution in [0.15, 0.2) is 54.4 Å². The van der Waals surface area contributed by atoms with E-state index in [1.807, 2.05) is 43.3 Å². The van der Waals surface area contributed by atoms with Gasteiger partial charge in [-0.2, -0.15) is 0 Å². The van der Waals surface area contributed by atoms with E-state index in [0.29, 0.717) is 6.61 Å². The van der Waals surface area contributed by atoms with Gasteiger partial charge in [0, 0.05) is 12.5 Å². The summed E-state index contributed by atoms with van der Waals surface area (Å²) in [6, 6.07) is 10.0. The van der Waals surface area contributed by atoms with Crippen molar-refractivity contribution < 1.29 is 9.13 Å². The second kappa shape index (κ2) is 7.56. The molecule has 0 radical (unpaired) electrons. The molecule has 0 aromatic heterocycles. The Balaban J connectivity index is 2.17. The lowest BCUT2D eigenvalue weighted by Gasteiger charge is -2.33. The number of ether oxygens (including phenoxy) is 1. The molecular formula is C19H25FO. The van der Waals surface area contributed by atoms with Crippen LogP contribution < -0.4 is 0 Å².